The first kappa shape index (κ1) is 20.0. The number of oxazole rings is 1. The van der Waals surface area contributed by atoms with Gasteiger partial charge in [0.25, 0.3) is 5.56 Å². The van der Waals surface area contributed by atoms with E-state index in [1.165, 1.54) is 4.57 Å². The van der Waals surface area contributed by atoms with Crippen LogP contribution in [0.2, 0.25) is 5.02 Å². The monoisotopic (exact) mass is 444 g/mol. The van der Waals surface area contributed by atoms with E-state index in [-0.39, 0.29) is 6.54 Å². The van der Waals surface area contributed by atoms with E-state index >= 15 is 0 Å². The fourth-order valence-electron chi connectivity index (χ4n) is 3.61. The highest BCUT2D eigenvalue weighted by atomic mass is 35.5. The van der Waals surface area contributed by atoms with E-state index in [4.69, 9.17) is 16.0 Å². The van der Waals surface area contributed by atoms with Gasteiger partial charge in [0, 0.05) is 6.20 Å². The number of fused-ring (bicyclic) bond motifs is 1. The lowest BCUT2D eigenvalue weighted by atomic mass is 10.2. The Morgan fingerprint density at radius 2 is 1.72 bits per heavy atom. The Hall–Kier alpha value is -3.97. The Morgan fingerprint density at radius 3 is 2.50 bits per heavy atom. The Kier molecular flexibility index (Phi) is 4.95. The molecule has 0 saturated carbocycles. The normalized spacial score (nSPS) is 11.2. The Labute approximate surface area is 187 Å². The molecule has 0 bridgehead atoms. The van der Waals surface area contributed by atoms with E-state index in [9.17, 15) is 9.59 Å². The molecule has 5 aromatic rings. The predicted molar refractivity (Wildman–Crippen MR) is 122 cm³/mol. The maximum atomic E-state index is 13.5. The lowest BCUT2D eigenvalue weighted by molar-refractivity contribution is 0.536. The summed E-state index contributed by atoms with van der Waals surface area (Å²) in [6.07, 6.45) is 1.56. The van der Waals surface area contributed by atoms with Crippen molar-refractivity contribution in [3.8, 4) is 17.1 Å². The molecule has 158 valence electrons. The van der Waals surface area contributed by atoms with Crippen LogP contribution in [0.5, 0.6) is 0 Å². The number of halogens is 1. The van der Waals surface area contributed by atoms with Gasteiger partial charge in [0.2, 0.25) is 5.89 Å². The zero-order valence-electron chi connectivity index (χ0n) is 17.0. The van der Waals surface area contributed by atoms with Gasteiger partial charge in [-0.25, -0.2) is 19.3 Å². The van der Waals surface area contributed by atoms with Crippen molar-refractivity contribution in [2.75, 3.05) is 0 Å². The van der Waals surface area contributed by atoms with E-state index in [1.807, 2.05) is 30.3 Å². The summed E-state index contributed by atoms with van der Waals surface area (Å²) in [6, 6.07) is 19.6. The SMILES string of the molecule is Cc1oc(-c2ccccc2Cl)nc1Cn1c(=O)c2cccnc2n(-c2ccccc2)c1=O. The molecule has 0 aliphatic heterocycles. The molecule has 0 amide bonds. The van der Waals surface area contributed by atoms with E-state index in [2.05, 4.69) is 9.97 Å². The molecule has 7 nitrogen and oxygen atoms in total. The molecule has 0 aliphatic rings. The summed E-state index contributed by atoms with van der Waals surface area (Å²) < 4.78 is 8.39. The molecule has 2 aromatic carbocycles. The quantitative estimate of drug-likeness (QED) is 0.414. The van der Waals surface area contributed by atoms with Crippen LogP contribution < -0.4 is 11.2 Å². The fourth-order valence-corrected chi connectivity index (χ4v) is 3.83. The number of hydrogen-bond donors (Lipinski definition) is 0. The van der Waals surface area contributed by atoms with Crippen LogP contribution in [0.4, 0.5) is 0 Å². The van der Waals surface area contributed by atoms with Crippen LogP contribution >= 0.6 is 11.6 Å². The summed E-state index contributed by atoms with van der Waals surface area (Å²) in [5.74, 6) is 0.839. The van der Waals surface area contributed by atoms with Crippen molar-refractivity contribution in [1.29, 1.82) is 0 Å². The van der Waals surface area contributed by atoms with Crippen LogP contribution in [0, 0.1) is 6.92 Å². The lowest BCUT2D eigenvalue weighted by Gasteiger charge is -2.12. The van der Waals surface area contributed by atoms with Gasteiger partial charge in [-0.05, 0) is 43.3 Å². The van der Waals surface area contributed by atoms with Crippen molar-refractivity contribution < 1.29 is 4.42 Å². The highest BCUT2D eigenvalue weighted by Crippen LogP contribution is 2.28. The van der Waals surface area contributed by atoms with Gasteiger partial charge in [-0.1, -0.05) is 41.9 Å². The zero-order chi connectivity index (χ0) is 22.2. The first-order valence-electron chi connectivity index (χ1n) is 9.92. The van der Waals surface area contributed by atoms with E-state index in [0.29, 0.717) is 44.7 Å². The van der Waals surface area contributed by atoms with Crippen LogP contribution in [0.1, 0.15) is 11.5 Å². The van der Waals surface area contributed by atoms with Crippen LogP contribution in [0.3, 0.4) is 0 Å². The Bertz CT molecular complexity index is 1570. The van der Waals surface area contributed by atoms with Gasteiger partial charge in [-0.3, -0.25) is 9.36 Å². The van der Waals surface area contributed by atoms with Gasteiger partial charge in [0.1, 0.15) is 11.5 Å². The molecule has 0 atom stereocenters. The second-order valence-corrected chi connectivity index (χ2v) is 7.63. The molecule has 0 saturated heterocycles. The predicted octanol–water partition coefficient (Wildman–Crippen LogP) is 4.21. The third-order valence-corrected chi connectivity index (χ3v) is 5.55. The number of nitrogens with zero attached hydrogens (tertiary/aromatic N) is 4. The van der Waals surface area contributed by atoms with Crippen LogP contribution in [0.25, 0.3) is 28.2 Å². The lowest BCUT2D eigenvalue weighted by Crippen LogP contribution is -2.40. The van der Waals surface area contributed by atoms with Crippen LogP contribution in [-0.2, 0) is 6.54 Å². The van der Waals surface area contributed by atoms with Gasteiger partial charge < -0.3 is 4.42 Å². The second-order valence-electron chi connectivity index (χ2n) is 7.22. The van der Waals surface area contributed by atoms with Gasteiger partial charge >= 0.3 is 5.69 Å². The molecule has 0 aliphatic carbocycles. The van der Waals surface area contributed by atoms with Crippen molar-refractivity contribution in [3.63, 3.8) is 0 Å². The second kappa shape index (κ2) is 7.94. The van der Waals surface area contributed by atoms with Gasteiger partial charge in [0.05, 0.1) is 28.2 Å². The topological polar surface area (TPSA) is 82.9 Å². The Balaban J connectivity index is 1.69. The number of pyridine rings is 1. The maximum absolute atomic E-state index is 13.5. The number of rotatable bonds is 4. The number of hydrogen-bond acceptors (Lipinski definition) is 5. The first-order valence-corrected chi connectivity index (χ1v) is 10.3. The van der Waals surface area contributed by atoms with Gasteiger partial charge in [-0.2, -0.15) is 0 Å². The van der Waals surface area contributed by atoms with Gasteiger partial charge in [0.15, 0.2) is 5.65 Å². The first-order chi connectivity index (χ1) is 15.5. The third kappa shape index (κ3) is 3.33. The number of aromatic nitrogens is 4. The minimum absolute atomic E-state index is 0.0465. The van der Waals surface area contributed by atoms with Crippen molar-refractivity contribution in [1.82, 2.24) is 19.1 Å². The third-order valence-electron chi connectivity index (χ3n) is 5.22. The fraction of sp³-hybridized carbons (Fsp3) is 0.0833. The summed E-state index contributed by atoms with van der Waals surface area (Å²) >= 11 is 6.27. The van der Waals surface area contributed by atoms with E-state index in [1.54, 1.807) is 49.5 Å². The smallest absolute Gasteiger partial charge is 0.337 e. The molecule has 0 fully saturated rings. The highest BCUT2D eigenvalue weighted by Gasteiger charge is 2.19. The standard InChI is InChI=1S/C24H17ClN4O3/c1-15-20(27-22(32-15)17-10-5-6-12-19(17)25)14-28-23(30)18-11-7-13-26-21(18)29(24(28)31)16-8-3-2-4-9-16/h2-13H,14H2,1H3. The maximum Gasteiger partial charge on any atom is 0.337 e. The average molecular weight is 445 g/mol. The summed E-state index contributed by atoms with van der Waals surface area (Å²) in [4.78, 5) is 35.5. The zero-order valence-corrected chi connectivity index (χ0v) is 17.8. The minimum Gasteiger partial charge on any atom is -0.441 e. The average Bonchev–Trinajstić information content (AvgIpc) is 3.17. The molecule has 8 heteroatoms. The molecular weight excluding hydrogens is 428 g/mol. The molecule has 3 heterocycles. The molecule has 0 unspecified atom stereocenters. The van der Waals surface area contributed by atoms with Crippen molar-refractivity contribution in [2.45, 2.75) is 13.5 Å². The summed E-state index contributed by atoms with van der Waals surface area (Å²) in [5, 5.41) is 0.837. The Morgan fingerprint density at radius 1 is 0.969 bits per heavy atom. The molecule has 0 radical (unpaired) electrons. The minimum atomic E-state index is -0.505. The van der Waals surface area contributed by atoms with Crippen molar-refractivity contribution in [3.05, 3.63) is 110 Å². The molecular formula is C24H17ClN4O3. The highest BCUT2D eigenvalue weighted by molar-refractivity contribution is 6.33. The summed E-state index contributed by atoms with van der Waals surface area (Å²) in [7, 11) is 0. The van der Waals surface area contributed by atoms with Crippen molar-refractivity contribution >= 4 is 22.6 Å². The van der Waals surface area contributed by atoms with Crippen LogP contribution in [0.15, 0.2) is 86.9 Å². The summed E-state index contributed by atoms with van der Waals surface area (Å²) in [5.41, 5.74) is 1.09. The molecule has 32 heavy (non-hydrogen) atoms. The van der Waals surface area contributed by atoms with Crippen LogP contribution in [-0.4, -0.2) is 19.1 Å². The number of para-hydroxylation sites is 1. The molecule has 5 rings (SSSR count). The van der Waals surface area contributed by atoms with Gasteiger partial charge in [-0.15, -0.1) is 0 Å². The molecule has 0 spiro atoms. The summed E-state index contributed by atoms with van der Waals surface area (Å²) in [6.45, 7) is 1.70. The van der Waals surface area contributed by atoms with E-state index < -0.39 is 11.2 Å². The number of aryl methyl sites for hydroxylation is 1. The molecule has 0 N–H and O–H groups in total. The number of benzene rings is 2. The van der Waals surface area contributed by atoms with Crippen molar-refractivity contribution in [2.24, 2.45) is 0 Å². The van der Waals surface area contributed by atoms with E-state index in [0.717, 1.165) is 4.57 Å². The molecule has 3 aromatic heterocycles. The largest absolute Gasteiger partial charge is 0.441 e.